The van der Waals surface area contributed by atoms with Crippen molar-refractivity contribution in [3.8, 4) is 0 Å². The largest absolute Gasteiger partial charge is 0.461 e. The van der Waals surface area contributed by atoms with Crippen LogP contribution in [0, 0.1) is 11.8 Å². The molecule has 0 bridgehead atoms. The number of benzene rings is 1. The molecule has 0 fully saturated rings. The topological polar surface area (TPSA) is 94.9 Å². The monoisotopic (exact) mass is 510 g/mol. The van der Waals surface area contributed by atoms with Crippen LogP contribution in [0.25, 0.3) is 10.8 Å². The number of ketones is 2. The third-order valence-corrected chi connectivity index (χ3v) is 7.24. The van der Waals surface area contributed by atoms with Crippen molar-refractivity contribution in [1.82, 2.24) is 4.98 Å². The van der Waals surface area contributed by atoms with Gasteiger partial charge < -0.3 is 9.57 Å². The second-order valence-electron chi connectivity index (χ2n) is 9.15. The van der Waals surface area contributed by atoms with Gasteiger partial charge in [0.05, 0.1) is 12.1 Å². The molecule has 0 radical (unpaired) electrons. The molecule has 3 heterocycles. The van der Waals surface area contributed by atoms with Crippen molar-refractivity contribution in [2.45, 2.75) is 45.3 Å². The zero-order valence-corrected chi connectivity index (χ0v) is 20.9. The molecular formula is C27H27FN2O5S. The molecule has 1 aromatic carbocycles. The molecule has 0 unspecified atom stereocenters. The average Bonchev–Trinajstić information content (AvgIpc) is 3.57. The number of carbonyl (C=O) groups excluding carboxylic acids is 3. The van der Waals surface area contributed by atoms with Crippen LogP contribution in [-0.2, 0) is 30.6 Å². The number of nitrogens with zero attached hydrogens (tertiary/aromatic N) is 2. The predicted molar refractivity (Wildman–Crippen MR) is 134 cm³/mol. The van der Waals surface area contributed by atoms with Crippen molar-refractivity contribution in [1.29, 1.82) is 0 Å². The summed E-state index contributed by atoms with van der Waals surface area (Å²) < 4.78 is 18.6. The lowest BCUT2D eigenvalue weighted by molar-refractivity contribution is -0.152. The molecule has 36 heavy (non-hydrogen) atoms. The number of hydrogen-bond acceptors (Lipinski definition) is 8. The molecule has 3 aromatic rings. The minimum atomic E-state index is -1.34. The lowest BCUT2D eigenvalue weighted by Crippen LogP contribution is -2.45. The molecule has 0 saturated heterocycles. The molecule has 1 aliphatic rings. The summed E-state index contributed by atoms with van der Waals surface area (Å²) >= 11 is 1.47. The maximum atomic E-state index is 13.6. The number of aromatic nitrogens is 1. The van der Waals surface area contributed by atoms with Crippen molar-refractivity contribution < 1.29 is 28.3 Å². The first-order valence-corrected chi connectivity index (χ1v) is 12.7. The highest BCUT2D eigenvalue weighted by atomic mass is 32.1. The van der Waals surface area contributed by atoms with Gasteiger partial charge in [-0.15, -0.1) is 0 Å². The molecule has 0 saturated carbocycles. The highest BCUT2D eigenvalue weighted by Gasteiger charge is 2.50. The Morgan fingerprint density at radius 2 is 1.97 bits per heavy atom. The molecule has 2 atom stereocenters. The summed E-state index contributed by atoms with van der Waals surface area (Å²) in [5, 5.41) is 9.79. The SMILES string of the molecule is CC(C)[C@@]1(C(=O)C[C@@H](CC(=O)OCc2ccsc2)C(=O)CF)CC(c2nccc3ccccc23)=NO1. The van der Waals surface area contributed by atoms with Crippen LogP contribution >= 0.6 is 11.3 Å². The number of Topliss-reactive ketones (excluding diaryl/α,β-unsaturated/α-hetero) is 2. The van der Waals surface area contributed by atoms with Crippen molar-refractivity contribution >= 4 is 45.4 Å². The fourth-order valence-electron chi connectivity index (χ4n) is 4.31. The molecule has 9 heteroatoms. The molecule has 4 rings (SSSR count). The average molecular weight is 511 g/mol. The normalized spacial score (nSPS) is 18.1. The van der Waals surface area contributed by atoms with E-state index in [0.717, 1.165) is 16.3 Å². The number of carbonyl (C=O) groups is 3. The van der Waals surface area contributed by atoms with E-state index in [1.54, 1.807) is 6.20 Å². The number of oxime groups is 1. The first-order chi connectivity index (χ1) is 17.3. The fourth-order valence-corrected chi connectivity index (χ4v) is 4.96. The Kier molecular flexibility index (Phi) is 7.88. The van der Waals surface area contributed by atoms with Gasteiger partial charge in [-0.25, -0.2) is 4.39 Å². The van der Waals surface area contributed by atoms with Crippen LogP contribution in [0.2, 0.25) is 0 Å². The minimum Gasteiger partial charge on any atom is -0.461 e. The van der Waals surface area contributed by atoms with Crippen LogP contribution in [0.4, 0.5) is 4.39 Å². The number of rotatable bonds is 11. The number of halogens is 1. The molecule has 2 aromatic heterocycles. The zero-order valence-electron chi connectivity index (χ0n) is 20.1. The highest BCUT2D eigenvalue weighted by Crippen LogP contribution is 2.37. The maximum absolute atomic E-state index is 13.6. The van der Waals surface area contributed by atoms with E-state index in [4.69, 9.17) is 9.57 Å². The van der Waals surface area contributed by atoms with Gasteiger partial charge in [0, 0.05) is 41.8 Å². The van der Waals surface area contributed by atoms with Crippen LogP contribution in [-0.4, -0.2) is 40.5 Å². The van der Waals surface area contributed by atoms with Crippen molar-refractivity contribution in [3.05, 3.63) is 64.6 Å². The number of alkyl halides is 1. The number of fused-ring (bicyclic) bond motifs is 1. The van der Waals surface area contributed by atoms with Crippen molar-refractivity contribution in [2.24, 2.45) is 17.0 Å². The van der Waals surface area contributed by atoms with E-state index in [9.17, 15) is 18.8 Å². The van der Waals surface area contributed by atoms with Gasteiger partial charge in [0.2, 0.25) is 5.60 Å². The predicted octanol–water partition coefficient (Wildman–Crippen LogP) is 5.06. The van der Waals surface area contributed by atoms with Crippen LogP contribution in [0.5, 0.6) is 0 Å². The maximum Gasteiger partial charge on any atom is 0.306 e. The van der Waals surface area contributed by atoms with Gasteiger partial charge in [-0.2, -0.15) is 11.3 Å². The Hall–Kier alpha value is -3.46. The molecule has 0 amide bonds. The summed E-state index contributed by atoms with van der Waals surface area (Å²) in [6.07, 6.45) is 1.10. The number of hydrogen-bond donors (Lipinski definition) is 0. The van der Waals surface area contributed by atoms with Crippen LogP contribution in [0.1, 0.15) is 44.4 Å². The lowest BCUT2D eigenvalue weighted by atomic mass is 9.77. The third-order valence-electron chi connectivity index (χ3n) is 6.51. The minimum absolute atomic E-state index is 0.0566. The summed E-state index contributed by atoms with van der Waals surface area (Å²) in [6, 6.07) is 11.4. The van der Waals surface area contributed by atoms with Crippen LogP contribution < -0.4 is 0 Å². The quantitative estimate of drug-likeness (QED) is 0.335. The van der Waals surface area contributed by atoms with E-state index >= 15 is 0 Å². The Morgan fingerprint density at radius 1 is 1.17 bits per heavy atom. The number of ether oxygens (including phenoxy) is 1. The second kappa shape index (κ2) is 11.1. The Bertz CT molecular complexity index is 1290. The summed E-state index contributed by atoms with van der Waals surface area (Å²) in [4.78, 5) is 48.5. The van der Waals surface area contributed by atoms with E-state index in [1.807, 2.05) is 61.0 Å². The van der Waals surface area contributed by atoms with E-state index < -0.39 is 35.7 Å². The molecule has 188 valence electrons. The summed E-state index contributed by atoms with van der Waals surface area (Å²) in [5.41, 5.74) is 0.625. The van der Waals surface area contributed by atoms with Crippen molar-refractivity contribution in [2.75, 3.05) is 6.67 Å². The molecule has 1 aliphatic heterocycles. The van der Waals surface area contributed by atoms with Crippen LogP contribution in [0.15, 0.2) is 58.5 Å². The van der Waals surface area contributed by atoms with E-state index in [-0.39, 0.29) is 31.8 Å². The summed E-state index contributed by atoms with van der Waals surface area (Å²) in [5.74, 6) is -3.33. The van der Waals surface area contributed by atoms with Gasteiger partial charge >= 0.3 is 5.97 Å². The fraction of sp³-hybridized carbons (Fsp3) is 0.370. The zero-order chi connectivity index (χ0) is 25.7. The van der Waals surface area contributed by atoms with Crippen molar-refractivity contribution in [3.63, 3.8) is 0 Å². The molecular weight excluding hydrogens is 483 g/mol. The first kappa shape index (κ1) is 25.6. The van der Waals surface area contributed by atoms with Gasteiger partial charge in [0.25, 0.3) is 0 Å². The smallest absolute Gasteiger partial charge is 0.306 e. The molecule has 0 spiro atoms. The van der Waals surface area contributed by atoms with E-state index in [2.05, 4.69) is 10.1 Å². The third kappa shape index (κ3) is 5.36. The van der Waals surface area contributed by atoms with Crippen LogP contribution in [0.3, 0.4) is 0 Å². The highest BCUT2D eigenvalue weighted by molar-refractivity contribution is 7.07. The van der Waals surface area contributed by atoms with E-state index in [0.29, 0.717) is 11.4 Å². The standard InChI is InChI=1S/C27H27FN2O5S/c1-17(2)27(13-22(30-35-27)26-21-6-4-3-5-19(21)7-9-29-26)24(32)11-20(23(31)14-28)12-25(33)34-15-18-8-10-36-16-18/h3-10,16-17,20H,11-15H2,1-2H3/t20-,27+/m0/s1. The van der Waals surface area contributed by atoms with Gasteiger partial charge in [0.1, 0.15) is 19.0 Å². The summed E-state index contributed by atoms with van der Waals surface area (Å²) in [6.45, 7) is 2.44. The molecule has 0 aliphatic carbocycles. The van der Waals surface area contributed by atoms with E-state index in [1.165, 1.54) is 11.3 Å². The lowest BCUT2D eigenvalue weighted by Gasteiger charge is -2.30. The number of thiophene rings is 1. The Balaban J connectivity index is 1.49. The number of esters is 1. The van der Waals surface area contributed by atoms with Gasteiger partial charge in [-0.05, 0) is 28.3 Å². The Labute approximate surface area is 212 Å². The molecule has 7 nitrogen and oxygen atoms in total. The van der Waals surface area contributed by atoms with Gasteiger partial charge in [-0.1, -0.05) is 43.3 Å². The first-order valence-electron chi connectivity index (χ1n) is 11.7. The number of pyridine rings is 1. The molecule has 0 N–H and O–H groups in total. The Morgan fingerprint density at radius 3 is 2.69 bits per heavy atom. The van der Waals surface area contributed by atoms with Gasteiger partial charge in [-0.3, -0.25) is 19.4 Å². The summed E-state index contributed by atoms with van der Waals surface area (Å²) in [7, 11) is 0. The van der Waals surface area contributed by atoms with Gasteiger partial charge in [0.15, 0.2) is 11.6 Å². The second-order valence-corrected chi connectivity index (χ2v) is 9.93.